The van der Waals surface area contributed by atoms with Crippen molar-refractivity contribution < 1.29 is 0 Å². The molecule has 1 N–H and O–H groups in total. The highest BCUT2D eigenvalue weighted by Crippen LogP contribution is 2.40. The van der Waals surface area contributed by atoms with Gasteiger partial charge < -0.3 is 5.32 Å². The Morgan fingerprint density at radius 3 is 2.79 bits per heavy atom. The van der Waals surface area contributed by atoms with Crippen LogP contribution in [-0.2, 0) is 0 Å². The van der Waals surface area contributed by atoms with E-state index in [2.05, 4.69) is 19.2 Å². The molecule has 2 rings (SSSR count). The number of hydrogen-bond acceptors (Lipinski definition) is 1. The first-order chi connectivity index (χ1) is 6.75. The van der Waals surface area contributed by atoms with Crippen LogP contribution < -0.4 is 5.32 Å². The number of fused-ring (bicyclic) bond motifs is 1. The van der Waals surface area contributed by atoms with E-state index in [-0.39, 0.29) is 0 Å². The minimum Gasteiger partial charge on any atom is -0.316 e. The molecule has 1 saturated carbocycles. The topological polar surface area (TPSA) is 12.0 Å². The molecule has 1 aliphatic heterocycles. The third-order valence-electron chi connectivity index (χ3n) is 4.15. The van der Waals surface area contributed by atoms with Crippen LogP contribution in [-0.4, -0.2) is 20.4 Å². The van der Waals surface area contributed by atoms with Gasteiger partial charge in [-0.15, -0.1) is 0 Å². The summed E-state index contributed by atoms with van der Waals surface area (Å²) < 4.78 is 0. The molecule has 2 aliphatic rings. The first-order valence-corrected chi connectivity index (χ1v) is 6.46. The Hall–Kier alpha value is 0.0249. The lowest BCUT2D eigenvalue weighted by atomic mass is 9.50. The van der Waals surface area contributed by atoms with Gasteiger partial charge in [-0.25, -0.2) is 0 Å². The molecule has 3 unspecified atom stereocenters. The highest BCUT2D eigenvalue weighted by atomic mass is 14.9. The first kappa shape index (κ1) is 10.5. The molecule has 1 heterocycles. The minimum absolute atomic E-state index is 0.896. The van der Waals surface area contributed by atoms with Crippen LogP contribution in [0.15, 0.2) is 0 Å². The van der Waals surface area contributed by atoms with Gasteiger partial charge in [-0.05, 0) is 31.3 Å². The fourth-order valence-corrected chi connectivity index (χ4v) is 3.51. The van der Waals surface area contributed by atoms with Crippen LogP contribution in [0.25, 0.3) is 0 Å². The predicted octanol–water partition coefficient (Wildman–Crippen LogP) is 2.45. The maximum Gasteiger partial charge on any atom is 0.126 e. The molecule has 3 atom stereocenters. The Morgan fingerprint density at radius 1 is 1.14 bits per heavy atom. The molecule has 2 heteroatoms. The van der Waals surface area contributed by atoms with Crippen molar-refractivity contribution in [3.05, 3.63) is 0 Å². The van der Waals surface area contributed by atoms with Crippen molar-refractivity contribution in [1.82, 2.24) is 5.32 Å². The normalized spacial score (nSPS) is 38.1. The van der Waals surface area contributed by atoms with E-state index in [9.17, 15) is 0 Å². The fraction of sp³-hybridized carbons (Fsp3) is 1.00. The highest BCUT2D eigenvalue weighted by molar-refractivity contribution is 6.39. The molecule has 0 bridgehead atoms. The van der Waals surface area contributed by atoms with Crippen molar-refractivity contribution in [2.75, 3.05) is 13.1 Å². The van der Waals surface area contributed by atoms with Crippen LogP contribution in [0.2, 0.25) is 11.6 Å². The summed E-state index contributed by atoms with van der Waals surface area (Å²) in [6.45, 7) is 7.31. The highest BCUT2D eigenvalue weighted by Gasteiger charge is 2.32. The number of hydrogen-bond donors (Lipinski definition) is 1. The molecule has 1 nitrogen and oxygen atoms in total. The summed E-state index contributed by atoms with van der Waals surface area (Å²) in [7, 11) is 1.46. The van der Waals surface area contributed by atoms with Gasteiger partial charge in [0.15, 0.2) is 0 Å². The first-order valence-electron chi connectivity index (χ1n) is 6.46. The van der Waals surface area contributed by atoms with E-state index in [0.29, 0.717) is 0 Å². The molecule has 0 aromatic rings. The van der Waals surface area contributed by atoms with Gasteiger partial charge in [0.2, 0.25) is 0 Å². The largest absolute Gasteiger partial charge is 0.316 e. The summed E-state index contributed by atoms with van der Waals surface area (Å²) in [5.74, 6) is 4.02. The molecule has 0 aromatic carbocycles. The second-order valence-corrected chi connectivity index (χ2v) is 5.82. The van der Waals surface area contributed by atoms with Gasteiger partial charge in [0.1, 0.15) is 7.28 Å². The summed E-state index contributed by atoms with van der Waals surface area (Å²) in [5.41, 5.74) is 0. The molecule has 2 fully saturated rings. The molecule has 0 aromatic heterocycles. The van der Waals surface area contributed by atoms with Gasteiger partial charge in [-0.2, -0.15) is 0 Å². The molecule has 0 spiro atoms. The van der Waals surface area contributed by atoms with E-state index in [4.69, 9.17) is 0 Å². The average Bonchev–Trinajstić information content (AvgIpc) is 2.17. The zero-order chi connectivity index (χ0) is 9.97. The van der Waals surface area contributed by atoms with Crippen molar-refractivity contribution >= 4 is 7.28 Å². The van der Waals surface area contributed by atoms with Crippen molar-refractivity contribution in [1.29, 1.82) is 0 Å². The fourth-order valence-electron chi connectivity index (χ4n) is 3.51. The minimum atomic E-state index is 0.896. The number of piperidine rings is 1. The van der Waals surface area contributed by atoms with Crippen molar-refractivity contribution in [2.24, 2.45) is 11.8 Å². The molecule has 0 amide bonds. The Kier molecular flexibility index (Phi) is 3.54. The standard InChI is InChI=1S/C12H24BN/c1-9(2)13-12-4-3-10-5-6-14-8-11(10)7-12/h9-14H,3-8H2,1-2H3. The number of rotatable bonds is 2. The smallest absolute Gasteiger partial charge is 0.126 e. The third kappa shape index (κ3) is 2.53. The molecule has 0 radical (unpaired) electrons. The van der Waals surface area contributed by atoms with E-state index >= 15 is 0 Å². The lowest BCUT2D eigenvalue weighted by molar-refractivity contribution is 0.185. The van der Waals surface area contributed by atoms with E-state index in [1.165, 1.54) is 46.1 Å². The van der Waals surface area contributed by atoms with E-state index < -0.39 is 0 Å². The molecule has 80 valence electrons. The second kappa shape index (κ2) is 4.70. The monoisotopic (exact) mass is 193 g/mol. The Balaban J connectivity index is 1.83. The zero-order valence-electron chi connectivity index (χ0n) is 9.76. The number of nitrogens with one attached hydrogen (secondary N) is 1. The summed E-state index contributed by atoms with van der Waals surface area (Å²) >= 11 is 0. The van der Waals surface area contributed by atoms with Crippen LogP contribution >= 0.6 is 0 Å². The van der Waals surface area contributed by atoms with Gasteiger partial charge in [-0.1, -0.05) is 44.7 Å². The maximum atomic E-state index is 3.56. The summed E-state index contributed by atoms with van der Waals surface area (Å²) in [4.78, 5) is 0. The van der Waals surface area contributed by atoms with Crippen LogP contribution in [0, 0.1) is 11.8 Å². The summed E-state index contributed by atoms with van der Waals surface area (Å²) in [6, 6.07) is 0. The quantitative estimate of drug-likeness (QED) is 0.664. The molecule has 14 heavy (non-hydrogen) atoms. The van der Waals surface area contributed by atoms with Gasteiger partial charge in [0.25, 0.3) is 0 Å². The predicted molar refractivity (Wildman–Crippen MR) is 64.3 cm³/mol. The van der Waals surface area contributed by atoms with Crippen LogP contribution in [0.5, 0.6) is 0 Å². The summed E-state index contributed by atoms with van der Waals surface area (Å²) in [6.07, 6.45) is 5.98. The lowest BCUT2D eigenvalue weighted by Gasteiger charge is -2.40. The lowest BCUT2D eigenvalue weighted by Crippen LogP contribution is -2.40. The Bertz CT molecular complexity index is 181. The molecule has 1 aliphatic carbocycles. The van der Waals surface area contributed by atoms with Gasteiger partial charge in [0, 0.05) is 0 Å². The Labute approximate surface area is 89.3 Å². The zero-order valence-corrected chi connectivity index (χ0v) is 9.76. The Morgan fingerprint density at radius 2 is 2.00 bits per heavy atom. The van der Waals surface area contributed by atoms with Crippen molar-refractivity contribution in [3.63, 3.8) is 0 Å². The van der Waals surface area contributed by atoms with Gasteiger partial charge >= 0.3 is 0 Å². The van der Waals surface area contributed by atoms with Gasteiger partial charge in [0.05, 0.1) is 0 Å². The third-order valence-corrected chi connectivity index (χ3v) is 4.15. The van der Waals surface area contributed by atoms with Gasteiger partial charge in [-0.3, -0.25) is 0 Å². The van der Waals surface area contributed by atoms with E-state index in [1.807, 2.05) is 0 Å². The van der Waals surface area contributed by atoms with E-state index in [0.717, 1.165) is 23.5 Å². The van der Waals surface area contributed by atoms with Crippen LogP contribution in [0.3, 0.4) is 0 Å². The SMILES string of the molecule is CC(C)BC1CCC2CCNCC2C1. The molecular weight excluding hydrogens is 169 g/mol. The van der Waals surface area contributed by atoms with Crippen LogP contribution in [0.1, 0.15) is 39.5 Å². The second-order valence-electron chi connectivity index (χ2n) is 5.82. The van der Waals surface area contributed by atoms with E-state index in [1.54, 1.807) is 0 Å². The van der Waals surface area contributed by atoms with Crippen molar-refractivity contribution in [2.45, 2.75) is 51.2 Å². The van der Waals surface area contributed by atoms with Crippen LogP contribution in [0.4, 0.5) is 0 Å². The average molecular weight is 193 g/mol. The summed E-state index contributed by atoms with van der Waals surface area (Å²) in [5, 5.41) is 3.56. The molecule has 1 saturated heterocycles. The maximum absolute atomic E-state index is 3.56. The molecular formula is C12H24BN. The van der Waals surface area contributed by atoms with Crippen molar-refractivity contribution in [3.8, 4) is 0 Å².